The van der Waals surface area contributed by atoms with Crippen LogP contribution in [0.1, 0.15) is 11.6 Å². The van der Waals surface area contributed by atoms with Gasteiger partial charge in [-0.15, -0.1) is 0 Å². The lowest BCUT2D eigenvalue weighted by Gasteiger charge is -2.21. The van der Waals surface area contributed by atoms with Crippen LogP contribution in [0.5, 0.6) is 0 Å². The molecule has 0 bridgehead atoms. The molecule has 1 N–H and O–H groups in total. The van der Waals surface area contributed by atoms with Crippen LogP contribution in [0.25, 0.3) is 0 Å². The minimum absolute atomic E-state index is 0.121. The number of nitrogens with zero attached hydrogens (tertiary/aromatic N) is 1. The topological polar surface area (TPSA) is 40.5 Å². The minimum Gasteiger partial charge on any atom is -0.480 e. The van der Waals surface area contributed by atoms with Gasteiger partial charge in [0, 0.05) is 5.02 Å². The molecule has 0 aliphatic carbocycles. The van der Waals surface area contributed by atoms with Crippen molar-refractivity contribution in [2.75, 3.05) is 14.1 Å². The lowest BCUT2D eigenvalue weighted by molar-refractivity contribution is -0.142. The number of carboxylic acid groups (broad SMARTS) is 1. The Kier molecular flexibility index (Phi) is 3.66. The quantitative estimate of drug-likeness (QED) is 0.867. The van der Waals surface area contributed by atoms with Crippen molar-refractivity contribution in [3.8, 4) is 0 Å². The third-order valence-corrected chi connectivity index (χ3v) is 2.33. The Hall–Kier alpha value is -1.13. The van der Waals surface area contributed by atoms with Crippen molar-refractivity contribution >= 4 is 17.6 Å². The monoisotopic (exact) mass is 231 g/mol. The molecule has 0 aromatic heterocycles. The molecule has 0 heterocycles. The normalized spacial score (nSPS) is 12.9. The van der Waals surface area contributed by atoms with Gasteiger partial charge in [0.25, 0.3) is 0 Å². The van der Waals surface area contributed by atoms with Crippen LogP contribution in [0.3, 0.4) is 0 Å². The average Bonchev–Trinajstić information content (AvgIpc) is 2.08. The van der Waals surface area contributed by atoms with Gasteiger partial charge < -0.3 is 5.11 Å². The van der Waals surface area contributed by atoms with Gasteiger partial charge in [0.1, 0.15) is 11.9 Å². The molecule has 5 heteroatoms. The molecule has 0 aliphatic rings. The molecule has 0 spiro atoms. The van der Waals surface area contributed by atoms with Crippen LogP contribution < -0.4 is 0 Å². The van der Waals surface area contributed by atoms with Gasteiger partial charge in [0.05, 0.1) is 0 Å². The van der Waals surface area contributed by atoms with E-state index >= 15 is 0 Å². The number of rotatable bonds is 3. The second-order valence-electron chi connectivity index (χ2n) is 3.37. The van der Waals surface area contributed by atoms with E-state index in [4.69, 9.17) is 16.7 Å². The largest absolute Gasteiger partial charge is 0.480 e. The van der Waals surface area contributed by atoms with Gasteiger partial charge in [-0.2, -0.15) is 0 Å². The molecule has 1 unspecified atom stereocenters. The van der Waals surface area contributed by atoms with E-state index in [1.165, 1.54) is 17.0 Å². The summed E-state index contributed by atoms with van der Waals surface area (Å²) in [6.07, 6.45) is 0. The standard InChI is InChI=1S/C10H11ClFNO2/c1-13(2)9(10(14)15)7-4-3-6(12)5-8(7)11/h3-5,9H,1-2H3,(H,14,15). The Morgan fingerprint density at radius 3 is 2.53 bits per heavy atom. The highest BCUT2D eigenvalue weighted by atomic mass is 35.5. The molecule has 3 nitrogen and oxygen atoms in total. The average molecular weight is 232 g/mol. The van der Waals surface area contributed by atoms with Gasteiger partial charge in [-0.1, -0.05) is 17.7 Å². The first kappa shape index (κ1) is 11.9. The van der Waals surface area contributed by atoms with E-state index in [9.17, 15) is 9.18 Å². The molecule has 1 aromatic rings. The summed E-state index contributed by atoms with van der Waals surface area (Å²) >= 11 is 5.78. The first-order valence-electron chi connectivity index (χ1n) is 4.27. The van der Waals surface area contributed by atoms with Crippen LogP contribution in [0.15, 0.2) is 18.2 Å². The van der Waals surface area contributed by atoms with Crippen LogP contribution in [0.2, 0.25) is 5.02 Å². The smallest absolute Gasteiger partial charge is 0.325 e. The third-order valence-electron chi connectivity index (χ3n) is 2.01. The first-order valence-corrected chi connectivity index (χ1v) is 4.65. The van der Waals surface area contributed by atoms with Crippen LogP contribution in [-0.4, -0.2) is 30.1 Å². The molecular formula is C10H11ClFNO2. The summed E-state index contributed by atoms with van der Waals surface area (Å²) < 4.78 is 12.8. The summed E-state index contributed by atoms with van der Waals surface area (Å²) in [4.78, 5) is 12.5. The maximum absolute atomic E-state index is 12.8. The summed E-state index contributed by atoms with van der Waals surface area (Å²) in [5, 5.41) is 9.12. The van der Waals surface area contributed by atoms with Gasteiger partial charge in [-0.05, 0) is 31.8 Å². The summed E-state index contributed by atoms with van der Waals surface area (Å²) in [5.74, 6) is -1.50. The Bertz CT molecular complexity index is 382. The molecule has 0 aliphatic heterocycles. The predicted molar refractivity (Wildman–Crippen MR) is 55.5 cm³/mol. The molecule has 1 rings (SSSR count). The number of benzene rings is 1. The summed E-state index contributed by atoms with van der Waals surface area (Å²) in [7, 11) is 3.25. The minimum atomic E-state index is -1.02. The molecule has 0 amide bonds. The fraction of sp³-hybridized carbons (Fsp3) is 0.300. The Labute approximate surface area is 92.1 Å². The van der Waals surface area contributed by atoms with Crippen molar-refractivity contribution in [3.63, 3.8) is 0 Å². The molecule has 1 aromatic carbocycles. The Balaban J connectivity index is 3.17. The number of halogens is 2. The summed E-state index contributed by atoms with van der Waals surface area (Å²) in [6.45, 7) is 0. The number of hydrogen-bond acceptors (Lipinski definition) is 2. The fourth-order valence-electron chi connectivity index (χ4n) is 1.36. The number of aliphatic carboxylic acids is 1. The van der Waals surface area contributed by atoms with Gasteiger partial charge >= 0.3 is 5.97 Å². The summed E-state index contributed by atoms with van der Waals surface area (Å²) in [6, 6.07) is 2.83. The maximum Gasteiger partial charge on any atom is 0.325 e. The van der Waals surface area contributed by atoms with Crippen molar-refractivity contribution in [3.05, 3.63) is 34.6 Å². The van der Waals surface area contributed by atoms with Gasteiger partial charge in [-0.25, -0.2) is 4.39 Å². The van der Waals surface area contributed by atoms with Gasteiger partial charge in [0.2, 0.25) is 0 Å². The van der Waals surface area contributed by atoms with Crippen LogP contribution in [0.4, 0.5) is 4.39 Å². The number of hydrogen-bond donors (Lipinski definition) is 1. The Morgan fingerprint density at radius 1 is 1.53 bits per heavy atom. The highest BCUT2D eigenvalue weighted by Gasteiger charge is 2.24. The molecule has 0 saturated heterocycles. The fourth-order valence-corrected chi connectivity index (χ4v) is 1.63. The lowest BCUT2D eigenvalue weighted by atomic mass is 10.1. The first-order chi connectivity index (χ1) is 6.93. The molecule has 1 atom stereocenters. The van der Waals surface area contributed by atoms with Crippen molar-refractivity contribution in [2.24, 2.45) is 0 Å². The van der Waals surface area contributed by atoms with E-state index in [0.717, 1.165) is 6.07 Å². The highest BCUT2D eigenvalue weighted by molar-refractivity contribution is 6.31. The molecule has 82 valence electrons. The molecule has 0 radical (unpaired) electrons. The van der Waals surface area contributed by atoms with Crippen molar-refractivity contribution < 1.29 is 14.3 Å². The van der Waals surface area contributed by atoms with E-state index in [1.54, 1.807) is 14.1 Å². The highest BCUT2D eigenvalue weighted by Crippen LogP contribution is 2.26. The van der Waals surface area contributed by atoms with Crippen molar-refractivity contribution in [1.29, 1.82) is 0 Å². The van der Waals surface area contributed by atoms with E-state index in [1.807, 2.05) is 0 Å². The number of carbonyl (C=O) groups is 1. The molecule has 0 fully saturated rings. The maximum atomic E-state index is 12.8. The molecule has 15 heavy (non-hydrogen) atoms. The van der Waals surface area contributed by atoms with Crippen LogP contribution >= 0.6 is 11.6 Å². The van der Waals surface area contributed by atoms with E-state index in [2.05, 4.69) is 0 Å². The SMILES string of the molecule is CN(C)C(C(=O)O)c1ccc(F)cc1Cl. The molecular weight excluding hydrogens is 221 g/mol. The zero-order valence-corrected chi connectivity index (χ0v) is 9.12. The van der Waals surface area contributed by atoms with E-state index in [0.29, 0.717) is 5.56 Å². The van der Waals surface area contributed by atoms with E-state index < -0.39 is 17.8 Å². The van der Waals surface area contributed by atoms with Crippen molar-refractivity contribution in [2.45, 2.75) is 6.04 Å². The van der Waals surface area contributed by atoms with Crippen LogP contribution in [0, 0.1) is 5.82 Å². The zero-order valence-electron chi connectivity index (χ0n) is 8.37. The van der Waals surface area contributed by atoms with Crippen molar-refractivity contribution in [1.82, 2.24) is 4.90 Å². The summed E-state index contributed by atoms with van der Waals surface area (Å²) in [5.41, 5.74) is 0.385. The van der Waals surface area contributed by atoms with Gasteiger partial charge in [-0.3, -0.25) is 9.69 Å². The van der Waals surface area contributed by atoms with E-state index in [-0.39, 0.29) is 5.02 Å². The zero-order chi connectivity index (χ0) is 11.6. The second-order valence-corrected chi connectivity index (χ2v) is 3.78. The van der Waals surface area contributed by atoms with Crippen LogP contribution in [-0.2, 0) is 4.79 Å². The Morgan fingerprint density at radius 2 is 2.13 bits per heavy atom. The third kappa shape index (κ3) is 2.67. The molecule has 0 saturated carbocycles. The predicted octanol–water partition coefficient (Wildman–Crippen LogP) is 2.17. The number of likely N-dealkylation sites (N-methyl/N-ethyl adjacent to an activating group) is 1. The number of carboxylic acids is 1. The second kappa shape index (κ2) is 4.59. The lowest BCUT2D eigenvalue weighted by Crippen LogP contribution is -2.27. The van der Waals surface area contributed by atoms with Gasteiger partial charge in [0.15, 0.2) is 0 Å².